The fourth-order valence-electron chi connectivity index (χ4n) is 0.881. The van der Waals surface area contributed by atoms with Crippen LogP contribution in [0.25, 0.3) is 0 Å². The summed E-state index contributed by atoms with van der Waals surface area (Å²) >= 11 is 0. The van der Waals surface area contributed by atoms with E-state index in [2.05, 4.69) is 25.2 Å². The van der Waals surface area contributed by atoms with Gasteiger partial charge in [-0.1, -0.05) is 13.0 Å². The molecule has 0 saturated carbocycles. The van der Waals surface area contributed by atoms with Gasteiger partial charge in [0.2, 0.25) is 0 Å². The summed E-state index contributed by atoms with van der Waals surface area (Å²) in [6.07, 6.45) is 3.60. The number of nitrogens with one attached hydrogen (secondary N) is 1. The standard InChI is InChI=1S/C9H19NO/c1-4-9(10-5-2)7-6-8(3)11/h7-8,10-11H,4-6H2,1-3H3/b9-7+. The Morgan fingerprint density at radius 3 is 2.55 bits per heavy atom. The van der Waals surface area contributed by atoms with Gasteiger partial charge in [-0.05, 0) is 26.7 Å². The number of aliphatic hydroxyl groups is 1. The van der Waals surface area contributed by atoms with Crippen LogP contribution in [0.2, 0.25) is 0 Å². The van der Waals surface area contributed by atoms with Crippen LogP contribution in [0.3, 0.4) is 0 Å². The van der Waals surface area contributed by atoms with Gasteiger partial charge in [0.1, 0.15) is 0 Å². The maximum Gasteiger partial charge on any atom is 0.0547 e. The van der Waals surface area contributed by atoms with Crippen molar-refractivity contribution in [1.29, 1.82) is 0 Å². The first-order valence-electron chi connectivity index (χ1n) is 4.31. The molecule has 0 aliphatic heterocycles. The molecule has 0 aromatic rings. The van der Waals surface area contributed by atoms with Crippen molar-refractivity contribution in [2.45, 2.75) is 39.7 Å². The third-order valence-corrected chi connectivity index (χ3v) is 1.49. The van der Waals surface area contributed by atoms with Crippen molar-refractivity contribution in [2.24, 2.45) is 0 Å². The Morgan fingerprint density at radius 1 is 1.55 bits per heavy atom. The van der Waals surface area contributed by atoms with Crippen LogP contribution >= 0.6 is 0 Å². The quantitative estimate of drug-likeness (QED) is 0.636. The third-order valence-electron chi connectivity index (χ3n) is 1.49. The molecule has 0 aromatic carbocycles. The molecule has 0 aliphatic rings. The minimum Gasteiger partial charge on any atom is -0.393 e. The lowest BCUT2D eigenvalue weighted by atomic mass is 10.2. The van der Waals surface area contributed by atoms with Crippen molar-refractivity contribution >= 4 is 0 Å². The normalized spacial score (nSPS) is 14.7. The molecule has 66 valence electrons. The van der Waals surface area contributed by atoms with Crippen LogP contribution < -0.4 is 5.32 Å². The summed E-state index contributed by atoms with van der Waals surface area (Å²) in [4.78, 5) is 0. The summed E-state index contributed by atoms with van der Waals surface area (Å²) in [6, 6.07) is 0. The van der Waals surface area contributed by atoms with Crippen LogP contribution in [0.15, 0.2) is 11.8 Å². The SMILES string of the molecule is CCN/C(=C/CC(C)O)CC. The van der Waals surface area contributed by atoms with Gasteiger partial charge in [0, 0.05) is 12.2 Å². The molecule has 2 nitrogen and oxygen atoms in total. The summed E-state index contributed by atoms with van der Waals surface area (Å²) < 4.78 is 0. The molecule has 0 aliphatic carbocycles. The van der Waals surface area contributed by atoms with Crippen LogP contribution in [0.5, 0.6) is 0 Å². The zero-order chi connectivity index (χ0) is 8.69. The van der Waals surface area contributed by atoms with Gasteiger partial charge in [0.25, 0.3) is 0 Å². The van der Waals surface area contributed by atoms with Crippen LogP contribution in [0.4, 0.5) is 0 Å². The molecule has 1 atom stereocenters. The molecule has 0 bridgehead atoms. The van der Waals surface area contributed by atoms with Crippen LogP contribution in [0, 0.1) is 0 Å². The van der Waals surface area contributed by atoms with Crippen molar-refractivity contribution in [1.82, 2.24) is 5.32 Å². The molecule has 2 N–H and O–H groups in total. The van der Waals surface area contributed by atoms with Gasteiger partial charge >= 0.3 is 0 Å². The molecule has 0 fully saturated rings. The fourth-order valence-corrected chi connectivity index (χ4v) is 0.881. The molecule has 0 amide bonds. The van der Waals surface area contributed by atoms with Gasteiger partial charge in [-0.2, -0.15) is 0 Å². The minimum atomic E-state index is -0.227. The Morgan fingerprint density at radius 2 is 2.18 bits per heavy atom. The number of allylic oxidation sites excluding steroid dienone is 1. The van der Waals surface area contributed by atoms with Crippen LogP contribution in [0.1, 0.15) is 33.6 Å². The van der Waals surface area contributed by atoms with Crippen molar-refractivity contribution in [3.8, 4) is 0 Å². The molecule has 0 radical (unpaired) electrons. The smallest absolute Gasteiger partial charge is 0.0547 e. The highest BCUT2D eigenvalue weighted by atomic mass is 16.3. The molecular formula is C9H19NO. The summed E-state index contributed by atoms with van der Waals surface area (Å²) in [5.41, 5.74) is 1.23. The van der Waals surface area contributed by atoms with Gasteiger partial charge < -0.3 is 10.4 Å². The van der Waals surface area contributed by atoms with Gasteiger partial charge in [-0.25, -0.2) is 0 Å². The zero-order valence-electron chi connectivity index (χ0n) is 7.72. The molecule has 0 heterocycles. The first kappa shape index (κ1) is 10.5. The van der Waals surface area contributed by atoms with Crippen LogP contribution in [-0.4, -0.2) is 17.8 Å². The lowest BCUT2D eigenvalue weighted by Gasteiger charge is -2.06. The predicted octanol–water partition coefficient (Wildman–Crippen LogP) is 1.66. The number of rotatable bonds is 5. The van der Waals surface area contributed by atoms with Gasteiger partial charge in [-0.3, -0.25) is 0 Å². The first-order chi connectivity index (χ1) is 5.20. The average Bonchev–Trinajstić information content (AvgIpc) is 1.97. The summed E-state index contributed by atoms with van der Waals surface area (Å²) in [5, 5.41) is 12.2. The number of hydrogen-bond acceptors (Lipinski definition) is 2. The first-order valence-corrected chi connectivity index (χ1v) is 4.31. The second-order valence-electron chi connectivity index (χ2n) is 2.70. The predicted molar refractivity (Wildman–Crippen MR) is 48.3 cm³/mol. The third kappa shape index (κ3) is 5.92. The number of hydrogen-bond donors (Lipinski definition) is 2. The summed E-state index contributed by atoms with van der Waals surface area (Å²) in [5.74, 6) is 0. The summed E-state index contributed by atoms with van der Waals surface area (Å²) in [7, 11) is 0. The lowest BCUT2D eigenvalue weighted by molar-refractivity contribution is 0.198. The monoisotopic (exact) mass is 157 g/mol. The highest BCUT2D eigenvalue weighted by molar-refractivity contribution is 4.98. The highest BCUT2D eigenvalue weighted by Crippen LogP contribution is 1.99. The summed E-state index contributed by atoms with van der Waals surface area (Å²) in [6.45, 7) is 6.94. The van der Waals surface area contributed by atoms with E-state index in [9.17, 15) is 0 Å². The average molecular weight is 157 g/mol. The van der Waals surface area contributed by atoms with E-state index in [0.29, 0.717) is 0 Å². The largest absolute Gasteiger partial charge is 0.393 e. The maximum atomic E-state index is 8.99. The Kier molecular flexibility index (Phi) is 5.94. The molecule has 2 heteroatoms. The fraction of sp³-hybridized carbons (Fsp3) is 0.778. The van der Waals surface area contributed by atoms with E-state index in [-0.39, 0.29) is 6.10 Å². The van der Waals surface area contributed by atoms with Crippen LogP contribution in [-0.2, 0) is 0 Å². The molecular weight excluding hydrogens is 138 g/mol. The molecule has 11 heavy (non-hydrogen) atoms. The van der Waals surface area contributed by atoms with Crippen molar-refractivity contribution in [3.63, 3.8) is 0 Å². The Hall–Kier alpha value is -0.500. The minimum absolute atomic E-state index is 0.227. The molecule has 0 rings (SSSR count). The van der Waals surface area contributed by atoms with E-state index in [4.69, 9.17) is 5.11 Å². The van der Waals surface area contributed by atoms with Crippen molar-refractivity contribution in [3.05, 3.63) is 11.8 Å². The van der Waals surface area contributed by atoms with Gasteiger partial charge in [0.15, 0.2) is 0 Å². The molecule has 0 saturated heterocycles. The molecule has 0 aromatic heterocycles. The van der Waals surface area contributed by atoms with Crippen molar-refractivity contribution < 1.29 is 5.11 Å². The van der Waals surface area contributed by atoms with E-state index < -0.39 is 0 Å². The van der Waals surface area contributed by atoms with E-state index >= 15 is 0 Å². The Balaban J connectivity index is 3.70. The van der Waals surface area contributed by atoms with E-state index in [1.54, 1.807) is 6.92 Å². The highest BCUT2D eigenvalue weighted by Gasteiger charge is 1.93. The maximum absolute atomic E-state index is 8.99. The second-order valence-corrected chi connectivity index (χ2v) is 2.70. The van der Waals surface area contributed by atoms with Crippen molar-refractivity contribution in [2.75, 3.05) is 6.54 Å². The topological polar surface area (TPSA) is 32.3 Å². The van der Waals surface area contributed by atoms with Gasteiger partial charge in [-0.15, -0.1) is 0 Å². The molecule has 1 unspecified atom stereocenters. The Labute approximate surface area is 69.3 Å². The Bertz CT molecular complexity index is 119. The van der Waals surface area contributed by atoms with E-state index in [0.717, 1.165) is 19.4 Å². The number of aliphatic hydroxyl groups excluding tert-OH is 1. The lowest BCUT2D eigenvalue weighted by Crippen LogP contribution is -2.12. The van der Waals surface area contributed by atoms with E-state index in [1.165, 1.54) is 5.70 Å². The van der Waals surface area contributed by atoms with Gasteiger partial charge in [0.05, 0.1) is 6.10 Å². The molecule has 0 spiro atoms. The second kappa shape index (κ2) is 6.23. The van der Waals surface area contributed by atoms with E-state index in [1.807, 2.05) is 0 Å². The zero-order valence-corrected chi connectivity index (χ0v) is 7.72.